The Bertz CT molecular complexity index is 877. The summed E-state index contributed by atoms with van der Waals surface area (Å²) in [6, 6.07) is 17.4. The minimum Gasteiger partial charge on any atom is -0.489 e. The quantitative estimate of drug-likeness (QED) is 0.697. The average molecular weight is 406 g/mol. The Balaban J connectivity index is 1.20. The van der Waals surface area contributed by atoms with E-state index >= 15 is 0 Å². The number of amides is 1. The van der Waals surface area contributed by atoms with Gasteiger partial charge in [0, 0.05) is 11.1 Å². The van der Waals surface area contributed by atoms with Crippen LogP contribution in [-0.2, 0) is 11.4 Å². The van der Waals surface area contributed by atoms with E-state index in [1.54, 1.807) is 0 Å². The predicted molar refractivity (Wildman–Crippen MR) is 117 cm³/mol. The van der Waals surface area contributed by atoms with Crippen molar-refractivity contribution in [3.05, 3.63) is 60.2 Å². The molecule has 5 rings (SSSR count). The normalized spacial score (nSPS) is 30.5. The zero-order chi connectivity index (χ0) is 20.6. The van der Waals surface area contributed by atoms with E-state index in [9.17, 15) is 9.90 Å². The summed E-state index contributed by atoms with van der Waals surface area (Å²) in [4.78, 5) is 12.9. The van der Waals surface area contributed by atoms with E-state index in [0.717, 1.165) is 36.5 Å². The largest absolute Gasteiger partial charge is 0.489 e. The zero-order valence-electron chi connectivity index (χ0n) is 17.4. The first-order valence-corrected chi connectivity index (χ1v) is 11.4. The van der Waals surface area contributed by atoms with Crippen LogP contribution in [0.4, 0.5) is 5.69 Å². The van der Waals surface area contributed by atoms with Crippen LogP contribution in [0.3, 0.4) is 0 Å². The Morgan fingerprint density at radius 2 is 1.80 bits per heavy atom. The van der Waals surface area contributed by atoms with E-state index in [1.165, 1.54) is 25.7 Å². The summed E-state index contributed by atoms with van der Waals surface area (Å²) in [5, 5.41) is 14.0. The highest BCUT2D eigenvalue weighted by Crippen LogP contribution is 2.61. The van der Waals surface area contributed by atoms with Crippen LogP contribution < -0.4 is 10.1 Å². The highest BCUT2D eigenvalue weighted by molar-refractivity contribution is 5.94. The Morgan fingerprint density at radius 3 is 2.60 bits per heavy atom. The van der Waals surface area contributed by atoms with E-state index < -0.39 is 6.10 Å². The van der Waals surface area contributed by atoms with Gasteiger partial charge in [0.05, 0.1) is 0 Å². The summed E-state index contributed by atoms with van der Waals surface area (Å²) in [5.41, 5.74) is 1.61. The Labute approximate surface area is 178 Å². The molecular weight excluding hydrogens is 374 g/mol. The number of carbonyl (C=O) groups is 1. The number of nitrogens with one attached hydrogen (secondary N) is 1. The number of hydrogen-bond acceptors (Lipinski definition) is 3. The minimum absolute atomic E-state index is 0.207. The maximum atomic E-state index is 12.9. The number of aliphatic hydroxyl groups excluding tert-OH is 1. The van der Waals surface area contributed by atoms with Crippen LogP contribution in [0.1, 0.15) is 50.5 Å². The molecule has 158 valence electrons. The van der Waals surface area contributed by atoms with Gasteiger partial charge >= 0.3 is 0 Å². The maximum Gasteiger partial charge on any atom is 0.253 e. The van der Waals surface area contributed by atoms with Crippen LogP contribution in [0, 0.1) is 23.2 Å². The van der Waals surface area contributed by atoms with E-state index in [0.29, 0.717) is 24.1 Å². The molecule has 2 aromatic carbocycles. The van der Waals surface area contributed by atoms with Crippen molar-refractivity contribution in [3.63, 3.8) is 0 Å². The van der Waals surface area contributed by atoms with Gasteiger partial charge in [-0.15, -0.1) is 0 Å². The number of aliphatic hydroxyl groups is 1. The summed E-state index contributed by atoms with van der Waals surface area (Å²) in [7, 11) is 0. The average Bonchev–Trinajstić information content (AvgIpc) is 2.94. The first kappa shape index (κ1) is 19.6. The van der Waals surface area contributed by atoms with Gasteiger partial charge in [-0.25, -0.2) is 0 Å². The lowest BCUT2D eigenvalue weighted by molar-refractivity contribution is -0.133. The summed E-state index contributed by atoms with van der Waals surface area (Å²) < 4.78 is 5.81. The molecule has 3 aliphatic carbocycles. The molecule has 30 heavy (non-hydrogen) atoms. The first-order valence-electron chi connectivity index (χ1n) is 11.4. The van der Waals surface area contributed by atoms with Gasteiger partial charge in [-0.05, 0) is 73.3 Å². The predicted octanol–water partition coefficient (Wildman–Crippen LogP) is 5.17. The van der Waals surface area contributed by atoms with Crippen LogP contribution >= 0.6 is 0 Å². The van der Waals surface area contributed by atoms with Crippen LogP contribution in [-0.4, -0.2) is 17.1 Å². The molecule has 0 radical (unpaired) electrons. The Kier molecular flexibility index (Phi) is 5.28. The molecule has 0 saturated heterocycles. The van der Waals surface area contributed by atoms with Gasteiger partial charge in [-0.2, -0.15) is 0 Å². The Hall–Kier alpha value is -2.33. The van der Waals surface area contributed by atoms with E-state index in [2.05, 4.69) is 5.32 Å². The first-order chi connectivity index (χ1) is 14.6. The van der Waals surface area contributed by atoms with Crippen molar-refractivity contribution < 1.29 is 14.6 Å². The maximum absolute atomic E-state index is 12.9. The molecule has 4 nitrogen and oxygen atoms in total. The summed E-state index contributed by atoms with van der Waals surface area (Å²) in [5.74, 6) is 2.62. The summed E-state index contributed by atoms with van der Waals surface area (Å²) in [6.07, 6.45) is 7.33. The van der Waals surface area contributed by atoms with Gasteiger partial charge in [0.1, 0.15) is 18.5 Å². The fourth-order valence-electron chi connectivity index (χ4n) is 6.42. The summed E-state index contributed by atoms with van der Waals surface area (Å²) in [6.45, 7) is 0.511. The van der Waals surface area contributed by atoms with Crippen LogP contribution in [0.2, 0.25) is 0 Å². The van der Waals surface area contributed by atoms with Gasteiger partial charge in [-0.1, -0.05) is 49.6 Å². The molecule has 4 heteroatoms. The summed E-state index contributed by atoms with van der Waals surface area (Å²) >= 11 is 0. The molecule has 3 bridgehead atoms. The molecule has 1 amide bonds. The Morgan fingerprint density at radius 1 is 1.03 bits per heavy atom. The number of hydrogen-bond donors (Lipinski definition) is 2. The third-order valence-electron chi connectivity index (χ3n) is 7.72. The lowest BCUT2D eigenvalue weighted by atomic mass is 9.66. The monoisotopic (exact) mass is 405 g/mol. The molecule has 3 aliphatic rings. The molecule has 2 N–H and O–H groups in total. The molecule has 3 saturated carbocycles. The molecule has 0 heterocycles. The molecule has 0 aromatic heterocycles. The number of ether oxygens (including phenoxy) is 1. The fourth-order valence-corrected chi connectivity index (χ4v) is 6.42. The highest BCUT2D eigenvalue weighted by atomic mass is 16.5. The van der Waals surface area contributed by atoms with Gasteiger partial charge < -0.3 is 15.2 Å². The molecule has 5 atom stereocenters. The smallest absolute Gasteiger partial charge is 0.253 e. The van der Waals surface area contributed by atoms with Gasteiger partial charge in [-0.3, -0.25) is 4.79 Å². The van der Waals surface area contributed by atoms with Crippen LogP contribution in [0.25, 0.3) is 0 Å². The lowest BCUT2D eigenvalue weighted by Gasteiger charge is -2.40. The fraction of sp³-hybridized carbons (Fsp3) is 0.500. The minimum atomic E-state index is -0.917. The molecule has 3 fully saturated rings. The topological polar surface area (TPSA) is 58.6 Å². The second kappa shape index (κ2) is 8.07. The van der Waals surface area contributed by atoms with Crippen molar-refractivity contribution in [2.45, 2.75) is 57.7 Å². The second-order valence-electron chi connectivity index (χ2n) is 9.72. The SMILES string of the molecule is O=C(Nc1ccc(OCc2ccccc2)cc1)C(O)C12CC3CCCC(C1)C(C3)C2. The van der Waals surface area contributed by atoms with Crippen molar-refractivity contribution in [3.8, 4) is 5.75 Å². The van der Waals surface area contributed by atoms with Crippen molar-refractivity contribution in [1.29, 1.82) is 0 Å². The van der Waals surface area contributed by atoms with Crippen LogP contribution in [0.15, 0.2) is 54.6 Å². The zero-order valence-corrected chi connectivity index (χ0v) is 17.4. The molecule has 5 unspecified atom stereocenters. The van der Waals surface area contributed by atoms with Crippen molar-refractivity contribution >= 4 is 11.6 Å². The van der Waals surface area contributed by atoms with Gasteiger partial charge in [0.15, 0.2) is 0 Å². The van der Waals surface area contributed by atoms with E-state index in [-0.39, 0.29) is 11.3 Å². The van der Waals surface area contributed by atoms with E-state index in [4.69, 9.17) is 4.74 Å². The third kappa shape index (κ3) is 3.85. The lowest BCUT2D eigenvalue weighted by Crippen LogP contribution is -2.45. The van der Waals surface area contributed by atoms with E-state index in [1.807, 2.05) is 54.6 Å². The molecular formula is C26H31NO3. The highest BCUT2D eigenvalue weighted by Gasteiger charge is 2.56. The van der Waals surface area contributed by atoms with Crippen molar-refractivity contribution in [2.75, 3.05) is 5.32 Å². The standard InChI is InChI=1S/C26H31NO3/c28-24(26-14-19-7-4-8-20(15-26)21(13-19)16-26)25(29)27-22-9-11-23(12-10-22)30-17-18-5-2-1-3-6-18/h1-3,5-6,9-12,19-21,24,28H,4,7-8,13-17H2,(H,27,29). The molecule has 0 spiro atoms. The number of benzene rings is 2. The number of fused-ring (bicyclic) bond motifs is 2. The molecule has 2 aromatic rings. The van der Waals surface area contributed by atoms with Gasteiger partial charge in [0.2, 0.25) is 0 Å². The second-order valence-corrected chi connectivity index (χ2v) is 9.72. The number of carbonyl (C=O) groups excluding carboxylic acids is 1. The number of anilines is 1. The van der Waals surface area contributed by atoms with Crippen LogP contribution in [0.5, 0.6) is 5.75 Å². The number of rotatable bonds is 6. The van der Waals surface area contributed by atoms with Crippen molar-refractivity contribution in [2.24, 2.45) is 23.2 Å². The van der Waals surface area contributed by atoms with Gasteiger partial charge in [0.25, 0.3) is 5.91 Å². The van der Waals surface area contributed by atoms with Crippen molar-refractivity contribution in [1.82, 2.24) is 0 Å². The molecule has 0 aliphatic heterocycles. The third-order valence-corrected chi connectivity index (χ3v) is 7.72.